The molecule has 2 heterocycles. The molecule has 0 atom stereocenters. The molecule has 1 N–H and O–H groups in total. The van der Waals surface area contributed by atoms with Gasteiger partial charge in [0.2, 0.25) is 0 Å². The Kier molecular flexibility index (Phi) is 2.42. The summed E-state index contributed by atoms with van der Waals surface area (Å²) < 4.78 is 0. The summed E-state index contributed by atoms with van der Waals surface area (Å²) in [7, 11) is 0. The molecule has 64 valence electrons. The van der Waals surface area contributed by atoms with Crippen LogP contribution in [0, 0.1) is 5.41 Å². The summed E-state index contributed by atoms with van der Waals surface area (Å²) in [6.07, 6.45) is 5.83. The van der Waals surface area contributed by atoms with Crippen LogP contribution in [0.2, 0.25) is 0 Å². The van der Waals surface area contributed by atoms with Crippen molar-refractivity contribution in [2.45, 2.75) is 25.7 Å². The van der Waals surface area contributed by atoms with E-state index in [1.165, 1.54) is 50.3 Å². The second-order valence-electron chi connectivity index (χ2n) is 3.91. The van der Waals surface area contributed by atoms with Gasteiger partial charge in [-0.2, -0.15) is 11.8 Å². The molecular formula is C9H17NS. The van der Waals surface area contributed by atoms with E-state index in [0.717, 1.165) is 5.41 Å². The highest BCUT2D eigenvalue weighted by molar-refractivity contribution is 7.99. The van der Waals surface area contributed by atoms with Gasteiger partial charge in [-0.1, -0.05) is 0 Å². The fraction of sp³-hybridized carbons (Fsp3) is 1.00. The molecule has 0 radical (unpaired) electrons. The van der Waals surface area contributed by atoms with Crippen LogP contribution in [0.15, 0.2) is 0 Å². The van der Waals surface area contributed by atoms with Gasteiger partial charge in [-0.25, -0.2) is 0 Å². The van der Waals surface area contributed by atoms with Crippen LogP contribution in [0.5, 0.6) is 0 Å². The third kappa shape index (κ3) is 1.73. The Labute approximate surface area is 73.3 Å². The van der Waals surface area contributed by atoms with Gasteiger partial charge in [0.15, 0.2) is 0 Å². The summed E-state index contributed by atoms with van der Waals surface area (Å²) in [5.74, 6) is 2.85. The van der Waals surface area contributed by atoms with Crippen molar-refractivity contribution in [3.05, 3.63) is 0 Å². The molecule has 1 nitrogen and oxygen atoms in total. The molecule has 2 fully saturated rings. The highest BCUT2D eigenvalue weighted by Crippen LogP contribution is 2.41. The lowest BCUT2D eigenvalue weighted by atomic mass is 9.77. The molecule has 11 heavy (non-hydrogen) atoms. The van der Waals surface area contributed by atoms with Gasteiger partial charge in [0.25, 0.3) is 0 Å². The molecule has 2 rings (SSSR count). The first-order valence-corrected chi connectivity index (χ1v) is 5.85. The van der Waals surface area contributed by atoms with E-state index < -0.39 is 0 Å². The van der Waals surface area contributed by atoms with Crippen LogP contribution in [0.4, 0.5) is 0 Å². The Balaban J connectivity index is 1.94. The molecule has 1 spiro atoms. The first-order chi connectivity index (χ1) is 5.41. The van der Waals surface area contributed by atoms with Gasteiger partial charge in [0.1, 0.15) is 0 Å². The smallest absolute Gasteiger partial charge is 0.000985 e. The topological polar surface area (TPSA) is 12.0 Å². The molecule has 2 aliphatic heterocycles. The third-order valence-corrected chi connectivity index (χ3v) is 4.46. The Morgan fingerprint density at radius 2 is 1.91 bits per heavy atom. The molecule has 0 aromatic heterocycles. The zero-order valence-electron chi connectivity index (χ0n) is 7.07. The predicted octanol–water partition coefficient (Wildman–Crippen LogP) is 1.88. The van der Waals surface area contributed by atoms with Gasteiger partial charge < -0.3 is 5.32 Å². The highest BCUT2D eigenvalue weighted by Gasteiger charge is 2.33. The Morgan fingerprint density at radius 3 is 2.55 bits per heavy atom. The largest absolute Gasteiger partial charge is 0.317 e. The molecule has 0 aliphatic carbocycles. The SMILES string of the molecule is C1CSCC2(C1)CCNCC2. The normalized spacial score (nSPS) is 30.5. The molecule has 0 amide bonds. The van der Waals surface area contributed by atoms with Crippen molar-refractivity contribution in [2.24, 2.45) is 5.41 Å². The summed E-state index contributed by atoms with van der Waals surface area (Å²) in [5, 5.41) is 3.45. The molecule has 2 aliphatic rings. The van der Waals surface area contributed by atoms with Gasteiger partial charge >= 0.3 is 0 Å². The molecule has 0 aromatic rings. The minimum absolute atomic E-state index is 0.758. The number of hydrogen-bond acceptors (Lipinski definition) is 2. The van der Waals surface area contributed by atoms with E-state index in [1.54, 1.807) is 0 Å². The van der Waals surface area contributed by atoms with Crippen molar-refractivity contribution in [3.8, 4) is 0 Å². The van der Waals surface area contributed by atoms with E-state index >= 15 is 0 Å². The summed E-state index contributed by atoms with van der Waals surface area (Å²) >= 11 is 2.17. The molecule has 2 heteroatoms. The van der Waals surface area contributed by atoms with Crippen LogP contribution >= 0.6 is 11.8 Å². The van der Waals surface area contributed by atoms with Gasteiger partial charge in [0.05, 0.1) is 0 Å². The standard InChI is InChI=1S/C9H17NS/c1-2-9(8-11-7-1)3-5-10-6-4-9/h10H,1-8H2. The van der Waals surface area contributed by atoms with Crippen molar-refractivity contribution in [2.75, 3.05) is 24.6 Å². The van der Waals surface area contributed by atoms with Crippen molar-refractivity contribution in [1.29, 1.82) is 0 Å². The lowest BCUT2D eigenvalue weighted by Crippen LogP contribution is -2.39. The highest BCUT2D eigenvalue weighted by atomic mass is 32.2. The van der Waals surface area contributed by atoms with E-state index in [0.29, 0.717) is 0 Å². The maximum Gasteiger partial charge on any atom is -0.000985 e. The number of nitrogens with one attached hydrogen (secondary N) is 1. The molecule has 0 bridgehead atoms. The summed E-state index contributed by atoms with van der Waals surface area (Å²) in [6.45, 7) is 2.53. The first-order valence-electron chi connectivity index (χ1n) is 4.70. The number of rotatable bonds is 0. The van der Waals surface area contributed by atoms with Gasteiger partial charge in [-0.3, -0.25) is 0 Å². The number of hydrogen-bond donors (Lipinski definition) is 1. The Morgan fingerprint density at radius 1 is 1.09 bits per heavy atom. The summed E-state index contributed by atoms with van der Waals surface area (Å²) in [4.78, 5) is 0. The monoisotopic (exact) mass is 171 g/mol. The van der Waals surface area contributed by atoms with Crippen LogP contribution in [0.1, 0.15) is 25.7 Å². The number of piperidine rings is 1. The van der Waals surface area contributed by atoms with Crippen LogP contribution in [-0.4, -0.2) is 24.6 Å². The van der Waals surface area contributed by atoms with Gasteiger partial charge in [-0.15, -0.1) is 0 Å². The van der Waals surface area contributed by atoms with Crippen LogP contribution in [-0.2, 0) is 0 Å². The Bertz CT molecular complexity index is 104. The minimum atomic E-state index is 0.758. The first kappa shape index (κ1) is 7.93. The van der Waals surface area contributed by atoms with Crippen molar-refractivity contribution < 1.29 is 0 Å². The maximum absolute atomic E-state index is 3.45. The number of thioether (sulfide) groups is 1. The molecular weight excluding hydrogens is 154 g/mol. The molecule has 0 aromatic carbocycles. The van der Waals surface area contributed by atoms with Gasteiger partial charge in [-0.05, 0) is 55.7 Å². The average molecular weight is 171 g/mol. The van der Waals surface area contributed by atoms with Crippen LogP contribution in [0.3, 0.4) is 0 Å². The second kappa shape index (κ2) is 3.36. The van der Waals surface area contributed by atoms with Gasteiger partial charge in [0, 0.05) is 0 Å². The quantitative estimate of drug-likeness (QED) is 0.597. The van der Waals surface area contributed by atoms with Crippen LogP contribution in [0.25, 0.3) is 0 Å². The van der Waals surface area contributed by atoms with E-state index in [-0.39, 0.29) is 0 Å². The predicted molar refractivity (Wildman–Crippen MR) is 51.1 cm³/mol. The third-order valence-electron chi connectivity index (χ3n) is 3.07. The van der Waals surface area contributed by atoms with Crippen molar-refractivity contribution in [1.82, 2.24) is 5.32 Å². The lowest BCUT2D eigenvalue weighted by Gasteiger charge is -2.40. The minimum Gasteiger partial charge on any atom is -0.317 e. The van der Waals surface area contributed by atoms with E-state index in [2.05, 4.69) is 17.1 Å². The molecule has 0 saturated carbocycles. The Hall–Kier alpha value is 0.310. The zero-order valence-corrected chi connectivity index (χ0v) is 7.88. The fourth-order valence-corrected chi connectivity index (χ4v) is 3.62. The van der Waals surface area contributed by atoms with Crippen molar-refractivity contribution >= 4 is 11.8 Å². The maximum atomic E-state index is 3.45. The van der Waals surface area contributed by atoms with E-state index in [9.17, 15) is 0 Å². The lowest BCUT2D eigenvalue weighted by molar-refractivity contribution is 0.212. The molecule has 2 saturated heterocycles. The van der Waals surface area contributed by atoms with E-state index in [1.807, 2.05) is 0 Å². The molecule has 0 unspecified atom stereocenters. The summed E-state index contributed by atoms with van der Waals surface area (Å²) in [5.41, 5.74) is 0.758. The van der Waals surface area contributed by atoms with Crippen molar-refractivity contribution in [3.63, 3.8) is 0 Å². The second-order valence-corrected chi connectivity index (χ2v) is 5.01. The van der Waals surface area contributed by atoms with Crippen LogP contribution < -0.4 is 5.32 Å². The fourth-order valence-electron chi connectivity index (χ4n) is 2.26. The average Bonchev–Trinajstić information content (AvgIpc) is 2.07. The summed E-state index contributed by atoms with van der Waals surface area (Å²) in [6, 6.07) is 0. The zero-order chi connectivity index (χ0) is 7.57. The van der Waals surface area contributed by atoms with E-state index in [4.69, 9.17) is 0 Å².